The Bertz CT molecular complexity index is 474. The van der Waals surface area contributed by atoms with E-state index in [0.717, 1.165) is 0 Å². The van der Waals surface area contributed by atoms with Crippen LogP contribution < -0.4 is 0 Å². The van der Waals surface area contributed by atoms with Crippen molar-refractivity contribution in [2.75, 3.05) is 6.61 Å². The first-order valence-electron chi connectivity index (χ1n) is 6.66. The molecule has 0 aliphatic carbocycles. The first-order chi connectivity index (χ1) is 9.38. The standard InChI is InChI=1S/C15H18O5/c1-8(4-12-5-9(2)14(17)20-12)13(16)6-11-7-19-15(18)10(11)3/h8,11-12H,2-7H2,1H3/t8-,11-,12+/m0/s1. The third-order valence-electron chi connectivity index (χ3n) is 3.82. The van der Waals surface area contributed by atoms with Crippen LogP contribution in [0.5, 0.6) is 0 Å². The minimum Gasteiger partial charge on any atom is -0.462 e. The fourth-order valence-electron chi connectivity index (χ4n) is 2.45. The van der Waals surface area contributed by atoms with E-state index in [1.807, 2.05) is 0 Å². The van der Waals surface area contributed by atoms with Gasteiger partial charge in [-0.2, -0.15) is 0 Å². The molecule has 2 saturated heterocycles. The van der Waals surface area contributed by atoms with Crippen LogP contribution in [0.2, 0.25) is 0 Å². The van der Waals surface area contributed by atoms with E-state index in [1.54, 1.807) is 6.92 Å². The van der Waals surface area contributed by atoms with Gasteiger partial charge in [-0.05, 0) is 6.42 Å². The zero-order valence-electron chi connectivity index (χ0n) is 11.5. The number of esters is 2. The zero-order chi connectivity index (χ0) is 14.9. The van der Waals surface area contributed by atoms with Crippen LogP contribution in [0, 0.1) is 11.8 Å². The Hall–Kier alpha value is -1.91. The number of carbonyl (C=O) groups excluding carboxylic acids is 3. The minimum absolute atomic E-state index is 0.0306. The molecule has 0 aromatic rings. The molecule has 0 radical (unpaired) electrons. The van der Waals surface area contributed by atoms with E-state index in [2.05, 4.69) is 13.2 Å². The highest BCUT2D eigenvalue weighted by Gasteiger charge is 2.34. The van der Waals surface area contributed by atoms with Gasteiger partial charge in [0.25, 0.3) is 0 Å². The van der Waals surface area contributed by atoms with Gasteiger partial charge in [0, 0.05) is 35.8 Å². The fraction of sp³-hybridized carbons (Fsp3) is 0.533. The Balaban J connectivity index is 1.84. The molecule has 5 nitrogen and oxygen atoms in total. The second-order valence-electron chi connectivity index (χ2n) is 5.46. The molecule has 2 aliphatic rings. The number of cyclic esters (lactones) is 2. The molecule has 2 heterocycles. The third kappa shape index (κ3) is 2.98. The molecule has 2 rings (SSSR count). The van der Waals surface area contributed by atoms with Crippen LogP contribution in [0.4, 0.5) is 0 Å². The van der Waals surface area contributed by atoms with Gasteiger partial charge in [0.15, 0.2) is 0 Å². The van der Waals surface area contributed by atoms with Crippen LogP contribution >= 0.6 is 0 Å². The van der Waals surface area contributed by atoms with Crippen LogP contribution in [0.15, 0.2) is 24.3 Å². The summed E-state index contributed by atoms with van der Waals surface area (Å²) in [7, 11) is 0. The topological polar surface area (TPSA) is 69.7 Å². The summed E-state index contributed by atoms with van der Waals surface area (Å²) in [4.78, 5) is 34.5. The molecule has 0 aromatic heterocycles. The highest BCUT2D eigenvalue weighted by atomic mass is 16.6. The Morgan fingerprint density at radius 2 is 2.05 bits per heavy atom. The Kier molecular flexibility index (Phi) is 4.06. The van der Waals surface area contributed by atoms with E-state index < -0.39 is 5.97 Å². The van der Waals surface area contributed by atoms with Gasteiger partial charge in [-0.25, -0.2) is 9.59 Å². The summed E-state index contributed by atoms with van der Waals surface area (Å²) >= 11 is 0. The molecule has 0 saturated carbocycles. The Labute approximate surface area is 117 Å². The average molecular weight is 278 g/mol. The van der Waals surface area contributed by atoms with E-state index >= 15 is 0 Å². The zero-order valence-corrected chi connectivity index (χ0v) is 11.5. The van der Waals surface area contributed by atoms with Gasteiger partial charge in [0.1, 0.15) is 11.9 Å². The number of ketones is 1. The lowest BCUT2D eigenvalue weighted by molar-refractivity contribution is -0.140. The van der Waals surface area contributed by atoms with Crippen molar-refractivity contribution in [3.05, 3.63) is 24.3 Å². The summed E-state index contributed by atoms with van der Waals surface area (Å²) < 4.78 is 9.96. The summed E-state index contributed by atoms with van der Waals surface area (Å²) in [5.74, 6) is -1.22. The third-order valence-corrected chi connectivity index (χ3v) is 3.82. The van der Waals surface area contributed by atoms with Crippen LogP contribution in [0.3, 0.4) is 0 Å². The summed E-state index contributed by atoms with van der Waals surface area (Å²) in [5, 5.41) is 0. The van der Waals surface area contributed by atoms with Gasteiger partial charge in [0.05, 0.1) is 6.61 Å². The SMILES string of the molecule is C=C1C[C@@H](C[C@H](C)C(=O)C[C@H]2COC(=O)C2=C)OC1=O. The van der Waals surface area contributed by atoms with Crippen molar-refractivity contribution in [2.24, 2.45) is 11.8 Å². The van der Waals surface area contributed by atoms with Crippen LogP contribution in [-0.4, -0.2) is 30.4 Å². The molecular weight excluding hydrogens is 260 g/mol. The van der Waals surface area contributed by atoms with Gasteiger partial charge in [-0.15, -0.1) is 0 Å². The number of Topliss-reactive ketones (excluding diaryl/α,β-unsaturated/α-hetero) is 1. The molecule has 5 heteroatoms. The number of rotatable bonds is 5. The fourth-order valence-corrected chi connectivity index (χ4v) is 2.45. The van der Waals surface area contributed by atoms with Crippen molar-refractivity contribution in [3.63, 3.8) is 0 Å². The maximum atomic E-state index is 12.1. The minimum atomic E-state index is -0.420. The molecule has 2 aliphatic heterocycles. The maximum absolute atomic E-state index is 12.1. The predicted octanol–water partition coefficient (Wildman–Crippen LogP) is 1.57. The molecule has 3 atom stereocenters. The molecule has 0 aromatic carbocycles. The normalized spacial score (nSPS) is 27.4. The summed E-state index contributed by atoms with van der Waals surface area (Å²) in [6.45, 7) is 9.29. The molecule has 2 fully saturated rings. The largest absolute Gasteiger partial charge is 0.462 e. The molecule has 0 spiro atoms. The molecular formula is C15H18O5. The van der Waals surface area contributed by atoms with E-state index in [4.69, 9.17) is 9.47 Å². The summed E-state index contributed by atoms with van der Waals surface area (Å²) in [6.07, 6.45) is 0.942. The van der Waals surface area contributed by atoms with Crippen molar-refractivity contribution in [2.45, 2.75) is 32.3 Å². The van der Waals surface area contributed by atoms with Crippen LogP contribution in [0.1, 0.15) is 26.2 Å². The highest BCUT2D eigenvalue weighted by molar-refractivity contribution is 5.92. The molecule has 0 N–H and O–H groups in total. The number of carbonyl (C=O) groups is 3. The first kappa shape index (κ1) is 14.5. The number of hydrogen-bond donors (Lipinski definition) is 0. The van der Waals surface area contributed by atoms with Gasteiger partial charge >= 0.3 is 11.9 Å². The lowest BCUT2D eigenvalue weighted by Crippen LogP contribution is -2.21. The number of hydrogen-bond acceptors (Lipinski definition) is 5. The molecule has 20 heavy (non-hydrogen) atoms. The van der Waals surface area contributed by atoms with Crippen molar-refractivity contribution in [1.82, 2.24) is 0 Å². The predicted molar refractivity (Wildman–Crippen MR) is 70.6 cm³/mol. The van der Waals surface area contributed by atoms with Gasteiger partial charge in [-0.3, -0.25) is 4.79 Å². The van der Waals surface area contributed by atoms with E-state index in [-0.39, 0.29) is 42.7 Å². The monoisotopic (exact) mass is 278 g/mol. The van der Waals surface area contributed by atoms with Crippen LogP contribution in [0.25, 0.3) is 0 Å². The van der Waals surface area contributed by atoms with Crippen molar-refractivity contribution in [1.29, 1.82) is 0 Å². The molecule has 0 unspecified atom stereocenters. The lowest BCUT2D eigenvalue weighted by atomic mass is 9.89. The van der Waals surface area contributed by atoms with E-state index in [0.29, 0.717) is 24.0 Å². The second kappa shape index (κ2) is 5.61. The Morgan fingerprint density at radius 1 is 1.35 bits per heavy atom. The first-order valence-corrected chi connectivity index (χ1v) is 6.66. The lowest BCUT2D eigenvalue weighted by Gasteiger charge is -2.16. The number of ether oxygens (including phenoxy) is 2. The van der Waals surface area contributed by atoms with E-state index in [9.17, 15) is 14.4 Å². The maximum Gasteiger partial charge on any atom is 0.333 e. The van der Waals surface area contributed by atoms with Gasteiger partial charge < -0.3 is 9.47 Å². The van der Waals surface area contributed by atoms with Crippen LogP contribution in [-0.2, 0) is 23.9 Å². The molecule has 0 bridgehead atoms. The second-order valence-corrected chi connectivity index (χ2v) is 5.46. The van der Waals surface area contributed by atoms with Crippen molar-refractivity contribution in [3.8, 4) is 0 Å². The molecule has 0 amide bonds. The van der Waals surface area contributed by atoms with Gasteiger partial charge in [0.2, 0.25) is 0 Å². The van der Waals surface area contributed by atoms with Gasteiger partial charge in [-0.1, -0.05) is 20.1 Å². The Morgan fingerprint density at radius 3 is 2.55 bits per heavy atom. The average Bonchev–Trinajstić information content (AvgIpc) is 2.86. The summed E-state index contributed by atoms with van der Waals surface area (Å²) in [6, 6.07) is 0. The van der Waals surface area contributed by atoms with Crippen molar-refractivity contribution >= 4 is 17.7 Å². The highest BCUT2D eigenvalue weighted by Crippen LogP contribution is 2.28. The van der Waals surface area contributed by atoms with Crippen molar-refractivity contribution < 1.29 is 23.9 Å². The quantitative estimate of drug-likeness (QED) is 0.564. The van der Waals surface area contributed by atoms with E-state index in [1.165, 1.54) is 0 Å². The molecule has 108 valence electrons. The smallest absolute Gasteiger partial charge is 0.333 e. The summed E-state index contributed by atoms with van der Waals surface area (Å²) in [5.41, 5.74) is 0.823.